The SMILES string of the molecule is O=C(O)c1cccc(OCCN2CCCC(CO)C2)c1. The number of aromatic carboxylic acids is 1. The molecular formula is C15H21NO4. The van der Waals surface area contributed by atoms with E-state index in [1.54, 1.807) is 18.2 Å². The Kier molecular flexibility index (Phi) is 5.38. The summed E-state index contributed by atoms with van der Waals surface area (Å²) in [6, 6.07) is 6.53. The number of aliphatic hydroxyl groups is 1. The van der Waals surface area contributed by atoms with Crippen LogP contribution in [0.1, 0.15) is 23.2 Å². The highest BCUT2D eigenvalue weighted by Gasteiger charge is 2.18. The Morgan fingerprint density at radius 1 is 1.45 bits per heavy atom. The predicted molar refractivity (Wildman–Crippen MR) is 75.1 cm³/mol. The molecule has 20 heavy (non-hydrogen) atoms. The van der Waals surface area contributed by atoms with Gasteiger partial charge in [-0.3, -0.25) is 4.90 Å². The molecule has 1 unspecified atom stereocenters. The van der Waals surface area contributed by atoms with Crippen LogP contribution in [0.25, 0.3) is 0 Å². The van der Waals surface area contributed by atoms with E-state index in [0.29, 0.717) is 18.3 Å². The first kappa shape index (κ1) is 14.8. The van der Waals surface area contributed by atoms with Gasteiger partial charge in [-0.2, -0.15) is 0 Å². The van der Waals surface area contributed by atoms with Crippen molar-refractivity contribution in [2.45, 2.75) is 12.8 Å². The van der Waals surface area contributed by atoms with Gasteiger partial charge in [0.2, 0.25) is 0 Å². The number of carbonyl (C=O) groups is 1. The van der Waals surface area contributed by atoms with Gasteiger partial charge in [-0.25, -0.2) is 4.79 Å². The zero-order valence-electron chi connectivity index (χ0n) is 11.5. The van der Waals surface area contributed by atoms with Crippen LogP contribution in [0.15, 0.2) is 24.3 Å². The van der Waals surface area contributed by atoms with Crippen molar-refractivity contribution in [1.29, 1.82) is 0 Å². The van der Waals surface area contributed by atoms with Crippen molar-refractivity contribution in [1.82, 2.24) is 4.90 Å². The molecule has 5 nitrogen and oxygen atoms in total. The molecule has 1 saturated heterocycles. The van der Waals surface area contributed by atoms with Crippen LogP contribution >= 0.6 is 0 Å². The Morgan fingerprint density at radius 3 is 3.05 bits per heavy atom. The summed E-state index contributed by atoms with van der Waals surface area (Å²) in [5, 5.41) is 18.1. The molecular weight excluding hydrogens is 258 g/mol. The van der Waals surface area contributed by atoms with Crippen molar-refractivity contribution in [2.75, 3.05) is 32.8 Å². The van der Waals surface area contributed by atoms with Gasteiger partial charge in [-0.1, -0.05) is 6.07 Å². The number of rotatable bonds is 6. The first-order valence-corrected chi connectivity index (χ1v) is 6.98. The number of hydrogen-bond donors (Lipinski definition) is 2. The van der Waals surface area contributed by atoms with E-state index in [-0.39, 0.29) is 12.2 Å². The van der Waals surface area contributed by atoms with Crippen LogP contribution in [0.4, 0.5) is 0 Å². The second-order valence-electron chi connectivity index (χ2n) is 5.17. The van der Waals surface area contributed by atoms with E-state index in [1.807, 2.05) is 0 Å². The van der Waals surface area contributed by atoms with Crippen molar-refractivity contribution < 1.29 is 19.7 Å². The molecule has 110 valence electrons. The number of hydrogen-bond acceptors (Lipinski definition) is 4. The van der Waals surface area contributed by atoms with Crippen molar-refractivity contribution >= 4 is 5.97 Å². The monoisotopic (exact) mass is 279 g/mol. The van der Waals surface area contributed by atoms with E-state index < -0.39 is 5.97 Å². The number of benzene rings is 1. The fraction of sp³-hybridized carbons (Fsp3) is 0.533. The molecule has 1 aromatic rings. The summed E-state index contributed by atoms with van der Waals surface area (Å²) >= 11 is 0. The zero-order valence-corrected chi connectivity index (χ0v) is 11.5. The molecule has 0 aromatic heterocycles. The van der Waals surface area contributed by atoms with E-state index >= 15 is 0 Å². The topological polar surface area (TPSA) is 70.0 Å². The summed E-state index contributed by atoms with van der Waals surface area (Å²) in [6.45, 7) is 3.52. The standard InChI is InChI=1S/C15H21NO4/c17-11-12-3-2-6-16(10-12)7-8-20-14-5-1-4-13(9-14)15(18)19/h1,4-5,9,12,17H,2-3,6-8,10-11H2,(H,18,19). The first-order chi connectivity index (χ1) is 9.69. The van der Waals surface area contributed by atoms with Gasteiger partial charge >= 0.3 is 5.97 Å². The third-order valence-electron chi connectivity index (χ3n) is 3.62. The summed E-state index contributed by atoms with van der Waals surface area (Å²) in [7, 11) is 0. The van der Waals surface area contributed by atoms with Gasteiger partial charge < -0.3 is 14.9 Å². The minimum atomic E-state index is -0.947. The van der Waals surface area contributed by atoms with Crippen LogP contribution in [-0.2, 0) is 0 Å². The Bertz CT molecular complexity index is 449. The average molecular weight is 279 g/mol. The third-order valence-corrected chi connectivity index (χ3v) is 3.62. The Balaban J connectivity index is 1.78. The van der Waals surface area contributed by atoms with Gasteiger partial charge in [0.15, 0.2) is 0 Å². The number of carboxylic acids is 1. The molecule has 0 amide bonds. The number of ether oxygens (including phenoxy) is 1. The largest absolute Gasteiger partial charge is 0.492 e. The third kappa shape index (κ3) is 4.21. The van der Waals surface area contributed by atoms with Crippen molar-refractivity contribution in [2.24, 2.45) is 5.92 Å². The smallest absolute Gasteiger partial charge is 0.335 e. The summed E-state index contributed by atoms with van der Waals surface area (Å²) in [4.78, 5) is 13.1. The Labute approximate surface area is 118 Å². The number of carboxylic acid groups (broad SMARTS) is 1. The Hall–Kier alpha value is -1.59. The molecule has 0 aliphatic carbocycles. The number of aliphatic hydroxyl groups excluding tert-OH is 1. The van der Waals surface area contributed by atoms with E-state index in [4.69, 9.17) is 9.84 Å². The molecule has 1 fully saturated rings. The van der Waals surface area contributed by atoms with Crippen molar-refractivity contribution in [3.63, 3.8) is 0 Å². The lowest BCUT2D eigenvalue weighted by Gasteiger charge is -2.31. The van der Waals surface area contributed by atoms with Crippen LogP contribution < -0.4 is 4.74 Å². The lowest BCUT2D eigenvalue weighted by Crippen LogP contribution is -2.39. The lowest BCUT2D eigenvalue weighted by molar-refractivity contribution is 0.0696. The molecule has 0 saturated carbocycles. The Morgan fingerprint density at radius 2 is 2.30 bits per heavy atom. The van der Waals surface area contributed by atoms with Crippen molar-refractivity contribution in [3.8, 4) is 5.75 Å². The van der Waals surface area contributed by atoms with Gasteiger partial charge in [0.25, 0.3) is 0 Å². The van der Waals surface area contributed by atoms with Gasteiger partial charge in [-0.15, -0.1) is 0 Å². The van der Waals surface area contributed by atoms with Crippen LogP contribution in [0.5, 0.6) is 5.75 Å². The van der Waals surface area contributed by atoms with Crippen LogP contribution in [0.3, 0.4) is 0 Å². The normalized spacial score (nSPS) is 19.8. The molecule has 0 spiro atoms. The fourth-order valence-corrected chi connectivity index (χ4v) is 2.51. The minimum Gasteiger partial charge on any atom is -0.492 e. The molecule has 2 rings (SSSR count). The average Bonchev–Trinajstić information content (AvgIpc) is 2.48. The maximum absolute atomic E-state index is 10.9. The molecule has 1 aliphatic rings. The van der Waals surface area contributed by atoms with E-state index in [0.717, 1.165) is 32.5 Å². The van der Waals surface area contributed by atoms with Crippen LogP contribution in [0, 0.1) is 5.92 Å². The second-order valence-corrected chi connectivity index (χ2v) is 5.17. The summed E-state index contributed by atoms with van der Waals surface area (Å²) in [5.74, 6) is 0.0111. The lowest BCUT2D eigenvalue weighted by atomic mass is 9.99. The number of piperidine rings is 1. The van der Waals surface area contributed by atoms with Crippen molar-refractivity contribution in [3.05, 3.63) is 29.8 Å². The molecule has 2 N–H and O–H groups in total. The van der Waals surface area contributed by atoms with Crippen LogP contribution in [0.2, 0.25) is 0 Å². The minimum absolute atomic E-state index is 0.237. The summed E-state index contributed by atoms with van der Waals surface area (Å²) < 4.78 is 5.60. The molecule has 0 radical (unpaired) electrons. The molecule has 1 aliphatic heterocycles. The first-order valence-electron chi connectivity index (χ1n) is 6.98. The van der Waals surface area contributed by atoms with E-state index in [2.05, 4.69) is 4.90 Å². The fourth-order valence-electron chi connectivity index (χ4n) is 2.51. The van der Waals surface area contributed by atoms with Gasteiger partial charge in [0, 0.05) is 19.7 Å². The molecule has 5 heteroatoms. The summed E-state index contributed by atoms with van der Waals surface area (Å²) in [6.07, 6.45) is 2.20. The van der Waals surface area contributed by atoms with E-state index in [1.165, 1.54) is 6.07 Å². The molecule has 1 aromatic carbocycles. The quantitative estimate of drug-likeness (QED) is 0.825. The van der Waals surface area contributed by atoms with Crippen LogP contribution in [-0.4, -0.2) is 53.9 Å². The van der Waals surface area contributed by atoms with E-state index in [9.17, 15) is 9.90 Å². The molecule has 0 bridgehead atoms. The van der Waals surface area contributed by atoms with Gasteiger partial charge in [0.1, 0.15) is 12.4 Å². The molecule has 1 atom stereocenters. The molecule has 1 heterocycles. The maximum atomic E-state index is 10.9. The van der Waals surface area contributed by atoms with Gasteiger partial charge in [0.05, 0.1) is 5.56 Å². The summed E-state index contributed by atoms with van der Waals surface area (Å²) in [5.41, 5.74) is 0.237. The second kappa shape index (κ2) is 7.26. The highest BCUT2D eigenvalue weighted by molar-refractivity contribution is 5.87. The predicted octanol–water partition coefficient (Wildman–Crippen LogP) is 1.47. The highest BCUT2D eigenvalue weighted by Crippen LogP contribution is 2.16. The highest BCUT2D eigenvalue weighted by atomic mass is 16.5. The number of likely N-dealkylation sites (tertiary alicyclic amines) is 1. The zero-order chi connectivity index (χ0) is 14.4. The maximum Gasteiger partial charge on any atom is 0.335 e. The van der Waals surface area contributed by atoms with Gasteiger partial charge in [-0.05, 0) is 43.5 Å². The number of nitrogens with zero attached hydrogens (tertiary/aromatic N) is 1.